The summed E-state index contributed by atoms with van der Waals surface area (Å²) in [7, 11) is 0. The minimum absolute atomic E-state index is 0.255. The van der Waals surface area contributed by atoms with Crippen molar-refractivity contribution in [2.24, 2.45) is 0 Å². The van der Waals surface area contributed by atoms with Crippen LogP contribution in [0.4, 0.5) is 0 Å². The number of hydrogen-bond acceptors (Lipinski definition) is 2. The zero-order valence-corrected chi connectivity index (χ0v) is 13.8. The zero-order chi connectivity index (χ0) is 15.4. The van der Waals surface area contributed by atoms with Crippen LogP contribution in [0.25, 0.3) is 0 Å². The van der Waals surface area contributed by atoms with Crippen LogP contribution in [0.2, 0.25) is 0 Å². The van der Waals surface area contributed by atoms with E-state index >= 15 is 0 Å². The van der Waals surface area contributed by atoms with Gasteiger partial charge >= 0.3 is 0 Å². The highest BCUT2D eigenvalue weighted by molar-refractivity contribution is 5.75. The Kier molecular flexibility index (Phi) is 42.7. The molecule has 18 heavy (non-hydrogen) atoms. The van der Waals surface area contributed by atoms with Crippen molar-refractivity contribution < 1.29 is 9.59 Å². The number of rotatable bonds is 3. The SMILES string of the molecule is CC=CC.CCC(C)=O.CCC(C)=O.CCCC. The molecule has 0 heterocycles. The van der Waals surface area contributed by atoms with Gasteiger partial charge in [-0.1, -0.05) is 52.7 Å². The summed E-state index contributed by atoms with van der Waals surface area (Å²) in [6.45, 7) is 15.2. The Bertz CT molecular complexity index is 162. The highest BCUT2D eigenvalue weighted by Crippen LogP contribution is 1.76. The summed E-state index contributed by atoms with van der Waals surface area (Å²) in [4.78, 5) is 19.6. The van der Waals surface area contributed by atoms with Gasteiger partial charge in [-0.3, -0.25) is 0 Å². The van der Waals surface area contributed by atoms with E-state index in [9.17, 15) is 9.59 Å². The van der Waals surface area contributed by atoms with Gasteiger partial charge in [0.25, 0.3) is 0 Å². The van der Waals surface area contributed by atoms with Crippen LogP contribution >= 0.6 is 0 Å². The van der Waals surface area contributed by atoms with Gasteiger partial charge in [0, 0.05) is 12.8 Å². The lowest BCUT2D eigenvalue weighted by Gasteiger charge is -1.71. The van der Waals surface area contributed by atoms with Crippen molar-refractivity contribution in [1.29, 1.82) is 0 Å². The molecule has 0 spiro atoms. The second-order valence-electron chi connectivity index (χ2n) is 3.78. The molecule has 0 aliphatic heterocycles. The molecule has 0 saturated carbocycles. The van der Waals surface area contributed by atoms with Gasteiger partial charge in [-0.05, 0) is 27.7 Å². The fraction of sp³-hybridized carbons (Fsp3) is 0.750. The lowest BCUT2D eigenvalue weighted by Crippen LogP contribution is -1.80. The molecule has 0 fully saturated rings. The molecule has 2 heteroatoms. The van der Waals surface area contributed by atoms with Crippen LogP contribution in [0.3, 0.4) is 0 Å². The molecule has 0 bridgehead atoms. The maximum Gasteiger partial charge on any atom is 0.129 e. The molecule has 0 atom stereocenters. The van der Waals surface area contributed by atoms with Crippen LogP contribution in [-0.4, -0.2) is 11.6 Å². The second kappa shape index (κ2) is 29.8. The Morgan fingerprint density at radius 2 is 0.889 bits per heavy atom. The largest absolute Gasteiger partial charge is 0.300 e. The zero-order valence-electron chi connectivity index (χ0n) is 13.8. The van der Waals surface area contributed by atoms with Crippen molar-refractivity contribution in [1.82, 2.24) is 0 Å². The molecular formula is C16H34O2. The van der Waals surface area contributed by atoms with E-state index in [1.165, 1.54) is 12.8 Å². The average Bonchev–Trinajstić information content (AvgIpc) is 2.39. The Balaban J connectivity index is -0.0000000731. The number of ketones is 2. The summed E-state index contributed by atoms with van der Waals surface area (Å²) in [5.74, 6) is 0.509. The van der Waals surface area contributed by atoms with Crippen molar-refractivity contribution in [2.45, 2.75) is 81.1 Å². The summed E-state index contributed by atoms with van der Waals surface area (Å²) >= 11 is 0. The molecule has 0 unspecified atom stereocenters. The van der Waals surface area contributed by atoms with Gasteiger partial charge in [0.15, 0.2) is 0 Å². The highest BCUT2D eigenvalue weighted by Gasteiger charge is 1.77. The molecule has 0 N–H and O–H groups in total. The van der Waals surface area contributed by atoms with Crippen molar-refractivity contribution in [3.63, 3.8) is 0 Å². The molecule has 2 nitrogen and oxygen atoms in total. The van der Waals surface area contributed by atoms with Gasteiger partial charge in [0.05, 0.1) is 0 Å². The maximum absolute atomic E-state index is 9.81. The number of Topliss-reactive ketones (excluding diaryl/α,β-unsaturated/α-hetero) is 2. The molecule has 0 aromatic carbocycles. The Labute approximate surface area is 115 Å². The molecule has 0 rings (SSSR count). The number of carbonyl (C=O) groups excluding carboxylic acids is 2. The first-order chi connectivity index (χ1) is 8.37. The van der Waals surface area contributed by atoms with Crippen LogP contribution in [-0.2, 0) is 9.59 Å². The van der Waals surface area contributed by atoms with E-state index in [1.54, 1.807) is 13.8 Å². The molecule has 0 aromatic rings. The van der Waals surface area contributed by atoms with Crippen molar-refractivity contribution in [3.05, 3.63) is 12.2 Å². The van der Waals surface area contributed by atoms with E-state index in [0.29, 0.717) is 12.8 Å². The summed E-state index contributed by atoms with van der Waals surface area (Å²) in [5.41, 5.74) is 0. The normalized spacial score (nSPS) is 8.00. The van der Waals surface area contributed by atoms with Crippen molar-refractivity contribution in [3.8, 4) is 0 Å². The van der Waals surface area contributed by atoms with Gasteiger partial charge < -0.3 is 9.59 Å². The highest BCUT2D eigenvalue weighted by atomic mass is 16.1. The van der Waals surface area contributed by atoms with Crippen LogP contribution in [0, 0.1) is 0 Å². The fourth-order valence-corrected chi connectivity index (χ4v) is 0. The number of hydrogen-bond donors (Lipinski definition) is 0. The molecular weight excluding hydrogens is 224 g/mol. The third-order valence-electron chi connectivity index (χ3n) is 1.83. The first kappa shape index (κ1) is 25.8. The molecule has 0 aliphatic rings. The number of carbonyl (C=O) groups is 2. The van der Waals surface area contributed by atoms with Gasteiger partial charge in [-0.2, -0.15) is 0 Å². The predicted molar refractivity (Wildman–Crippen MR) is 83.0 cm³/mol. The topological polar surface area (TPSA) is 34.1 Å². The summed E-state index contributed by atoms with van der Waals surface area (Å²) < 4.78 is 0. The van der Waals surface area contributed by atoms with E-state index < -0.39 is 0 Å². The van der Waals surface area contributed by atoms with Crippen LogP contribution in [0.5, 0.6) is 0 Å². The molecule has 0 radical (unpaired) electrons. The molecule has 110 valence electrons. The third-order valence-corrected chi connectivity index (χ3v) is 1.83. The number of unbranched alkanes of at least 4 members (excludes halogenated alkanes) is 1. The average molecular weight is 258 g/mol. The van der Waals surface area contributed by atoms with Gasteiger partial charge in [-0.15, -0.1) is 0 Å². The van der Waals surface area contributed by atoms with Gasteiger partial charge in [0.1, 0.15) is 11.6 Å². The Morgan fingerprint density at radius 3 is 0.889 bits per heavy atom. The van der Waals surface area contributed by atoms with Crippen molar-refractivity contribution in [2.75, 3.05) is 0 Å². The Morgan fingerprint density at radius 1 is 0.722 bits per heavy atom. The minimum Gasteiger partial charge on any atom is -0.300 e. The molecule has 0 aliphatic carbocycles. The first-order valence-electron chi connectivity index (χ1n) is 6.93. The lowest BCUT2D eigenvalue weighted by atomic mass is 10.4. The molecule has 0 amide bonds. The van der Waals surface area contributed by atoms with E-state index in [1.807, 2.05) is 39.8 Å². The smallest absolute Gasteiger partial charge is 0.129 e. The van der Waals surface area contributed by atoms with Gasteiger partial charge in [0.2, 0.25) is 0 Å². The second-order valence-corrected chi connectivity index (χ2v) is 3.78. The molecule has 0 saturated heterocycles. The number of allylic oxidation sites excluding steroid dienone is 2. The predicted octanol–water partition coefficient (Wildman–Crippen LogP) is 5.36. The first-order valence-corrected chi connectivity index (χ1v) is 6.93. The van der Waals surface area contributed by atoms with E-state index in [0.717, 1.165) is 0 Å². The standard InChI is InChI=1S/2C4H8O.C4H10.C4H8/c2*1-3-4(2)5;2*1-3-4-2/h2*3H2,1-2H3;3-4H2,1-2H3;3-4H,1-2H3. The van der Waals surface area contributed by atoms with Gasteiger partial charge in [-0.25, -0.2) is 0 Å². The quantitative estimate of drug-likeness (QED) is 0.639. The van der Waals surface area contributed by atoms with E-state index in [-0.39, 0.29) is 11.6 Å². The summed E-state index contributed by atoms with van der Waals surface area (Å²) in [6.07, 6.45) is 7.97. The minimum atomic E-state index is 0.255. The monoisotopic (exact) mass is 258 g/mol. The third kappa shape index (κ3) is 116. The lowest BCUT2D eigenvalue weighted by molar-refractivity contribution is -0.117. The summed E-state index contributed by atoms with van der Waals surface area (Å²) in [5, 5.41) is 0. The van der Waals surface area contributed by atoms with Crippen LogP contribution in [0.1, 0.15) is 81.1 Å². The van der Waals surface area contributed by atoms with Crippen LogP contribution in [0.15, 0.2) is 12.2 Å². The van der Waals surface area contributed by atoms with E-state index in [2.05, 4.69) is 13.8 Å². The Hall–Kier alpha value is -0.920. The van der Waals surface area contributed by atoms with E-state index in [4.69, 9.17) is 0 Å². The van der Waals surface area contributed by atoms with Crippen molar-refractivity contribution >= 4 is 11.6 Å². The molecule has 0 aromatic heterocycles. The van der Waals surface area contributed by atoms with Crippen LogP contribution < -0.4 is 0 Å². The summed E-state index contributed by atoms with van der Waals surface area (Å²) in [6, 6.07) is 0. The fourth-order valence-electron chi connectivity index (χ4n) is 0. The maximum atomic E-state index is 9.81.